The molecule has 0 heterocycles. The molecule has 0 aliphatic heterocycles. The third-order valence-electron chi connectivity index (χ3n) is 4.68. The van der Waals surface area contributed by atoms with Crippen LogP contribution in [0.1, 0.15) is 58.1 Å². The van der Waals surface area contributed by atoms with Crippen LogP contribution >= 0.6 is 11.6 Å². The van der Waals surface area contributed by atoms with Gasteiger partial charge in [-0.25, -0.2) is 0 Å². The van der Waals surface area contributed by atoms with Gasteiger partial charge in [-0.3, -0.25) is 0 Å². The van der Waals surface area contributed by atoms with Crippen molar-refractivity contribution in [1.82, 2.24) is 0 Å². The number of ether oxygens (including phenoxy) is 1. The summed E-state index contributed by atoms with van der Waals surface area (Å²) in [6.45, 7) is 7.42. The molecule has 0 spiro atoms. The summed E-state index contributed by atoms with van der Waals surface area (Å²) in [5.41, 5.74) is 7.85. The fraction of sp³-hybridized carbons (Fsp3) is 0.647. The van der Waals surface area contributed by atoms with Crippen LogP contribution in [0.2, 0.25) is 5.02 Å². The van der Waals surface area contributed by atoms with Crippen molar-refractivity contribution in [2.75, 3.05) is 6.61 Å². The van der Waals surface area contributed by atoms with E-state index in [1.54, 1.807) is 0 Å². The zero-order valence-corrected chi connectivity index (χ0v) is 13.5. The monoisotopic (exact) mass is 295 g/mol. The van der Waals surface area contributed by atoms with Gasteiger partial charge in [0, 0.05) is 11.6 Å². The lowest BCUT2D eigenvalue weighted by Gasteiger charge is -2.46. The van der Waals surface area contributed by atoms with Gasteiger partial charge in [0.25, 0.3) is 0 Å². The Morgan fingerprint density at radius 2 is 1.70 bits per heavy atom. The van der Waals surface area contributed by atoms with Crippen molar-refractivity contribution >= 4 is 11.6 Å². The van der Waals surface area contributed by atoms with E-state index < -0.39 is 0 Å². The van der Waals surface area contributed by atoms with E-state index in [-0.39, 0.29) is 11.6 Å². The van der Waals surface area contributed by atoms with E-state index in [1.807, 2.05) is 24.3 Å². The predicted molar refractivity (Wildman–Crippen MR) is 85.0 cm³/mol. The summed E-state index contributed by atoms with van der Waals surface area (Å²) in [5.74, 6) is 0. The topological polar surface area (TPSA) is 35.2 Å². The van der Waals surface area contributed by atoms with Crippen LogP contribution in [0.15, 0.2) is 24.3 Å². The molecular formula is C17H26ClNO. The fourth-order valence-electron chi connectivity index (χ4n) is 3.16. The second kappa shape index (κ2) is 6.05. The first-order valence-electron chi connectivity index (χ1n) is 7.54. The van der Waals surface area contributed by atoms with Gasteiger partial charge >= 0.3 is 0 Å². The number of hydrogen-bond donors (Lipinski definition) is 1. The van der Waals surface area contributed by atoms with Gasteiger partial charge in [-0.1, -0.05) is 37.6 Å². The van der Waals surface area contributed by atoms with E-state index in [1.165, 1.54) is 0 Å². The van der Waals surface area contributed by atoms with Crippen LogP contribution < -0.4 is 5.73 Å². The van der Waals surface area contributed by atoms with Crippen molar-refractivity contribution < 1.29 is 4.74 Å². The predicted octanol–water partition coefficient (Wildman–Crippen LogP) is 4.72. The van der Waals surface area contributed by atoms with E-state index in [9.17, 15) is 0 Å². The molecule has 0 aromatic heterocycles. The number of rotatable bonds is 4. The standard InChI is InChI=1S/C17H26ClNO/c1-4-20-17(11-9-16(2,3)10-12-17)15(19)13-5-7-14(18)8-6-13/h5-8,15H,4,9-12,19H2,1-3H3. The first-order valence-corrected chi connectivity index (χ1v) is 7.91. The molecule has 0 radical (unpaired) electrons. The lowest BCUT2D eigenvalue weighted by molar-refractivity contribution is -0.100. The number of nitrogens with two attached hydrogens (primary N) is 1. The average Bonchev–Trinajstić information content (AvgIpc) is 2.42. The highest BCUT2D eigenvalue weighted by atomic mass is 35.5. The average molecular weight is 296 g/mol. The molecule has 2 N–H and O–H groups in total. The maximum Gasteiger partial charge on any atom is 0.0874 e. The molecular weight excluding hydrogens is 270 g/mol. The Hall–Kier alpha value is -0.570. The van der Waals surface area contributed by atoms with E-state index in [0.29, 0.717) is 12.0 Å². The van der Waals surface area contributed by atoms with Gasteiger partial charge in [-0.05, 0) is 55.7 Å². The molecule has 1 unspecified atom stereocenters. The van der Waals surface area contributed by atoms with Gasteiger partial charge in [0.15, 0.2) is 0 Å². The fourth-order valence-corrected chi connectivity index (χ4v) is 3.28. The van der Waals surface area contributed by atoms with Crippen LogP contribution in [-0.2, 0) is 4.74 Å². The maximum atomic E-state index is 6.56. The van der Waals surface area contributed by atoms with Gasteiger partial charge in [-0.15, -0.1) is 0 Å². The Kier molecular flexibility index (Phi) is 4.78. The van der Waals surface area contributed by atoms with Crippen LogP contribution in [0.3, 0.4) is 0 Å². The Balaban J connectivity index is 2.22. The summed E-state index contributed by atoms with van der Waals surface area (Å²) in [4.78, 5) is 0. The van der Waals surface area contributed by atoms with Crippen LogP contribution in [0, 0.1) is 5.41 Å². The minimum absolute atomic E-state index is 0.0872. The molecule has 1 aromatic carbocycles. The van der Waals surface area contributed by atoms with Crippen LogP contribution in [0.5, 0.6) is 0 Å². The van der Waals surface area contributed by atoms with Crippen LogP contribution in [-0.4, -0.2) is 12.2 Å². The number of halogens is 1. The summed E-state index contributed by atoms with van der Waals surface area (Å²) >= 11 is 5.96. The molecule has 20 heavy (non-hydrogen) atoms. The van der Waals surface area contributed by atoms with Crippen LogP contribution in [0.25, 0.3) is 0 Å². The molecule has 1 aromatic rings. The highest BCUT2D eigenvalue weighted by molar-refractivity contribution is 6.30. The normalized spacial score (nSPS) is 22.4. The quantitative estimate of drug-likeness (QED) is 0.872. The van der Waals surface area contributed by atoms with Gasteiger partial charge in [0.05, 0.1) is 11.6 Å². The van der Waals surface area contributed by atoms with Gasteiger partial charge in [0.1, 0.15) is 0 Å². The maximum absolute atomic E-state index is 6.56. The highest BCUT2D eigenvalue weighted by Crippen LogP contribution is 2.46. The first-order chi connectivity index (χ1) is 9.38. The first kappa shape index (κ1) is 15.8. The molecule has 1 aliphatic rings. The molecule has 112 valence electrons. The second-order valence-corrected chi connectivity index (χ2v) is 7.13. The number of benzene rings is 1. The Bertz CT molecular complexity index is 431. The van der Waals surface area contributed by atoms with E-state index in [2.05, 4.69) is 20.8 Å². The molecule has 1 atom stereocenters. The highest BCUT2D eigenvalue weighted by Gasteiger charge is 2.43. The Labute approximate surface area is 127 Å². The Morgan fingerprint density at radius 1 is 1.15 bits per heavy atom. The number of hydrogen-bond acceptors (Lipinski definition) is 2. The van der Waals surface area contributed by atoms with Crippen molar-refractivity contribution in [1.29, 1.82) is 0 Å². The molecule has 0 bridgehead atoms. The molecule has 0 amide bonds. The zero-order valence-electron chi connectivity index (χ0n) is 12.8. The molecule has 1 aliphatic carbocycles. The SMILES string of the molecule is CCOC1(C(N)c2ccc(Cl)cc2)CCC(C)(C)CC1. The minimum atomic E-state index is -0.224. The molecule has 2 rings (SSSR count). The molecule has 1 saturated carbocycles. The Morgan fingerprint density at radius 3 is 2.20 bits per heavy atom. The van der Waals surface area contributed by atoms with Gasteiger partial charge in [-0.2, -0.15) is 0 Å². The lowest BCUT2D eigenvalue weighted by atomic mass is 9.67. The van der Waals surface area contributed by atoms with Crippen molar-refractivity contribution in [2.45, 2.75) is 58.1 Å². The van der Waals surface area contributed by atoms with E-state index >= 15 is 0 Å². The minimum Gasteiger partial charge on any atom is -0.373 e. The van der Waals surface area contributed by atoms with Crippen LogP contribution in [0.4, 0.5) is 0 Å². The van der Waals surface area contributed by atoms with Crippen molar-refractivity contribution in [2.24, 2.45) is 11.1 Å². The zero-order chi connectivity index (χ0) is 14.8. The second-order valence-electron chi connectivity index (χ2n) is 6.69. The third-order valence-corrected chi connectivity index (χ3v) is 4.93. The summed E-state index contributed by atoms with van der Waals surface area (Å²) < 4.78 is 6.15. The van der Waals surface area contributed by atoms with Gasteiger partial charge < -0.3 is 10.5 Å². The molecule has 2 nitrogen and oxygen atoms in total. The van der Waals surface area contributed by atoms with E-state index in [4.69, 9.17) is 22.1 Å². The van der Waals surface area contributed by atoms with E-state index in [0.717, 1.165) is 36.3 Å². The summed E-state index contributed by atoms with van der Waals surface area (Å²) in [5, 5.41) is 0.746. The van der Waals surface area contributed by atoms with Crippen molar-refractivity contribution in [3.63, 3.8) is 0 Å². The molecule has 1 fully saturated rings. The van der Waals surface area contributed by atoms with Crippen molar-refractivity contribution in [3.05, 3.63) is 34.9 Å². The molecule has 0 saturated heterocycles. The third kappa shape index (κ3) is 3.36. The van der Waals surface area contributed by atoms with Crippen molar-refractivity contribution in [3.8, 4) is 0 Å². The largest absolute Gasteiger partial charge is 0.373 e. The molecule has 3 heteroatoms. The van der Waals surface area contributed by atoms with Gasteiger partial charge in [0.2, 0.25) is 0 Å². The summed E-state index contributed by atoms with van der Waals surface area (Å²) in [7, 11) is 0. The summed E-state index contributed by atoms with van der Waals surface area (Å²) in [6, 6.07) is 7.77. The smallest absolute Gasteiger partial charge is 0.0874 e. The summed E-state index contributed by atoms with van der Waals surface area (Å²) in [6.07, 6.45) is 4.37. The lowest BCUT2D eigenvalue weighted by Crippen LogP contribution is -2.48.